The number of nitrogens with zero attached hydrogens (tertiary/aromatic N) is 1. The first-order valence-corrected chi connectivity index (χ1v) is 6.13. The monoisotopic (exact) mass is 285 g/mol. The van der Waals surface area contributed by atoms with Crippen LogP contribution in [-0.2, 0) is 0 Å². The minimum absolute atomic E-state index is 0.200. The lowest BCUT2D eigenvalue weighted by Gasteiger charge is -2.05. The molecule has 2 rings (SSSR count). The van der Waals surface area contributed by atoms with E-state index >= 15 is 0 Å². The van der Waals surface area contributed by atoms with Crippen molar-refractivity contribution < 1.29 is 4.39 Å². The van der Waals surface area contributed by atoms with E-state index in [2.05, 4.69) is 20.9 Å². The topological polar surface area (TPSA) is 12.9 Å². The average molecular weight is 286 g/mol. The van der Waals surface area contributed by atoms with Crippen LogP contribution in [-0.4, -0.2) is 4.98 Å². The van der Waals surface area contributed by atoms with Crippen LogP contribution >= 0.6 is 27.3 Å². The van der Waals surface area contributed by atoms with E-state index < -0.39 is 0 Å². The van der Waals surface area contributed by atoms with E-state index in [-0.39, 0.29) is 5.82 Å². The SMILES string of the molecule is Cc1cc(C)c(-c2nc(Br)cs2)c(F)c1. The highest BCUT2D eigenvalue weighted by molar-refractivity contribution is 9.10. The number of thiazole rings is 1. The fraction of sp³-hybridized carbons (Fsp3) is 0.182. The third-order valence-corrected chi connectivity index (χ3v) is 3.69. The normalized spacial score (nSPS) is 10.7. The van der Waals surface area contributed by atoms with Crippen molar-refractivity contribution >= 4 is 27.3 Å². The molecule has 2 aromatic rings. The summed E-state index contributed by atoms with van der Waals surface area (Å²) in [5, 5.41) is 2.57. The smallest absolute Gasteiger partial charge is 0.133 e. The third kappa shape index (κ3) is 2.11. The fourth-order valence-electron chi connectivity index (χ4n) is 1.56. The molecule has 0 aliphatic carbocycles. The molecule has 1 nitrogen and oxygen atoms in total. The molecule has 0 N–H and O–H groups in total. The van der Waals surface area contributed by atoms with Gasteiger partial charge in [-0.15, -0.1) is 11.3 Å². The molecule has 4 heteroatoms. The lowest BCUT2D eigenvalue weighted by Crippen LogP contribution is -1.90. The zero-order valence-electron chi connectivity index (χ0n) is 8.34. The first kappa shape index (κ1) is 10.8. The van der Waals surface area contributed by atoms with Gasteiger partial charge in [-0.05, 0) is 47.0 Å². The van der Waals surface area contributed by atoms with E-state index in [1.165, 1.54) is 17.4 Å². The van der Waals surface area contributed by atoms with Gasteiger partial charge in [0.1, 0.15) is 15.4 Å². The van der Waals surface area contributed by atoms with Gasteiger partial charge in [0.25, 0.3) is 0 Å². The molecule has 0 spiro atoms. The van der Waals surface area contributed by atoms with Gasteiger partial charge in [0.15, 0.2) is 0 Å². The van der Waals surface area contributed by atoms with Crippen molar-refractivity contribution in [2.45, 2.75) is 13.8 Å². The first-order chi connectivity index (χ1) is 7.08. The number of halogens is 2. The van der Waals surface area contributed by atoms with Crippen LogP contribution in [0.1, 0.15) is 11.1 Å². The van der Waals surface area contributed by atoms with Crippen LogP contribution < -0.4 is 0 Å². The Morgan fingerprint density at radius 3 is 2.60 bits per heavy atom. The molecule has 0 saturated heterocycles. The molecule has 0 unspecified atom stereocenters. The second-order valence-electron chi connectivity index (χ2n) is 3.41. The molecule has 1 aromatic heterocycles. The maximum absolute atomic E-state index is 13.8. The molecule has 0 bridgehead atoms. The summed E-state index contributed by atoms with van der Waals surface area (Å²) in [6.45, 7) is 3.79. The molecule has 0 saturated carbocycles. The van der Waals surface area contributed by atoms with Gasteiger partial charge in [0.05, 0.1) is 0 Å². The number of aromatic nitrogens is 1. The van der Waals surface area contributed by atoms with Crippen LogP contribution in [0.15, 0.2) is 22.1 Å². The minimum Gasteiger partial charge on any atom is -0.229 e. The molecule has 0 fully saturated rings. The Labute approximate surface area is 100 Å². The Morgan fingerprint density at radius 1 is 1.33 bits per heavy atom. The summed E-state index contributed by atoms with van der Waals surface area (Å²) in [6, 6.07) is 3.51. The molecule has 1 aromatic carbocycles. The highest BCUT2D eigenvalue weighted by atomic mass is 79.9. The number of rotatable bonds is 1. The maximum Gasteiger partial charge on any atom is 0.133 e. The minimum atomic E-state index is -0.200. The molecular weight excluding hydrogens is 277 g/mol. The molecule has 0 aliphatic heterocycles. The number of benzene rings is 1. The van der Waals surface area contributed by atoms with Crippen LogP contribution in [0.4, 0.5) is 4.39 Å². The first-order valence-electron chi connectivity index (χ1n) is 4.46. The molecule has 78 valence electrons. The van der Waals surface area contributed by atoms with Gasteiger partial charge in [-0.1, -0.05) is 6.07 Å². The van der Waals surface area contributed by atoms with E-state index in [9.17, 15) is 4.39 Å². The van der Waals surface area contributed by atoms with E-state index in [0.29, 0.717) is 5.56 Å². The zero-order valence-corrected chi connectivity index (χ0v) is 10.7. The fourth-order valence-corrected chi connectivity index (χ4v) is 2.92. The summed E-state index contributed by atoms with van der Waals surface area (Å²) in [5.41, 5.74) is 2.47. The van der Waals surface area contributed by atoms with Crippen molar-refractivity contribution in [3.05, 3.63) is 39.1 Å². The van der Waals surface area contributed by atoms with Crippen LogP contribution in [0.3, 0.4) is 0 Å². The van der Waals surface area contributed by atoms with Crippen LogP contribution in [0.5, 0.6) is 0 Å². The Bertz CT molecular complexity index is 484. The Hall–Kier alpha value is -0.740. The van der Waals surface area contributed by atoms with Crippen LogP contribution in [0.25, 0.3) is 10.6 Å². The van der Waals surface area contributed by atoms with Crippen molar-refractivity contribution in [2.24, 2.45) is 0 Å². The molecule has 15 heavy (non-hydrogen) atoms. The second kappa shape index (κ2) is 4.02. The second-order valence-corrected chi connectivity index (χ2v) is 5.08. The summed E-state index contributed by atoms with van der Waals surface area (Å²) in [4.78, 5) is 4.23. The van der Waals surface area contributed by atoms with Gasteiger partial charge in [-0.2, -0.15) is 0 Å². The lowest BCUT2D eigenvalue weighted by molar-refractivity contribution is 0.629. The summed E-state index contributed by atoms with van der Waals surface area (Å²) in [6.07, 6.45) is 0. The van der Waals surface area contributed by atoms with E-state index in [1.807, 2.05) is 25.3 Å². The highest BCUT2D eigenvalue weighted by Crippen LogP contribution is 2.31. The van der Waals surface area contributed by atoms with Gasteiger partial charge in [0.2, 0.25) is 0 Å². The quantitative estimate of drug-likeness (QED) is 0.760. The zero-order chi connectivity index (χ0) is 11.0. The number of hydrogen-bond donors (Lipinski definition) is 0. The van der Waals surface area contributed by atoms with Crippen LogP contribution in [0.2, 0.25) is 0 Å². The van der Waals surface area contributed by atoms with Gasteiger partial charge in [0, 0.05) is 10.9 Å². The number of hydrogen-bond acceptors (Lipinski definition) is 2. The molecular formula is C11H9BrFNS. The molecule has 0 radical (unpaired) electrons. The van der Waals surface area contributed by atoms with Crippen molar-refractivity contribution in [3.8, 4) is 10.6 Å². The van der Waals surface area contributed by atoms with Crippen LogP contribution in [0, 0.1) is 19.7 Å². The largest absolute Gasteiger partial charge is 0.229 e. The molecule has 0 amide bonds. The predicted octanol–water partition coefficient (Wildman–Crippen LogP) is 4.33. The average Bonchev–Trinajstić information content (AvgIpc) is 2.49. The van der Waals surface area contributed by atoms with E-state index in [1.54, 1.807) is 0 Å². The Morgan fingerprint density at radius 2 is 2.07 bits per heavy atom. The summed E-state index contributed by atoms with van der Waals surface area (Å²) in [5.74, 6) is -0.200. The molecule has 1 heterocycles. The van der Waals surface area contributed by atoms with Crippen molar-refractivity contribution in [2.75, 3.05) is 0 Å². The standard InChI is InChI=1S/C11H9BrFNS/c1-6-3-7(2)10(8(13)4-6)11-14-9(12)5-15-11/h3-5H,1-2H3. The Balaban J connectivity index is 2.62. The van der Waals surface area contributed by atoms with Crippen molar-refractivity contribution in [1.82, 2.24) is 4.98 Å². The maximum atomic E-state index is 13.8. The Kier molecular flexibility index (Phi) is 2.89. The predicted molar refractivity (Wildman–Crippen MR) is 64.7 cm³/mol. The molecule has 0 aliphatic rings. The number of aryl methyl sites for hydroxylation is 2. The summed E-state index contributed by atoms with van der Waals surface area (Å²) >= 11 is 4.71. The molecule has 0 atom stereocenters. The van der Waals surface area contributed by atoms with E-state index in [0.717, 1.165) is 20.7 Å². The lowest BCUT2D eigenvalue weighted by atomic mass is 10.1. The third-order valence-electron chi connectivity index (χ3n) is 2.12. The van der Waals surface area contributed by atoms with Crippen molar-refractivity contribution in [1.29, 1.82) is 0 Å². The van der Waals surface area contributed by atoms with Gasteiger partial charge in [-0.25, -0.2) is 9.37 Å². The van der Waals surface area contributed by atoms with Gasteiger partial charge < -0.3 is 0 Å². The van der Waals surface area contributed by atoms with E-state index in [4.69, 9.17) is 0 Å². The van der Waals surface area contributed by atoms with Gasteiger partial charge in [-0.3, -0.25) is 0 Å². The van der Waals surface area contributed by atoms with Crippen molar-refractivity contribution in [3.63, 3.8) is 0 Å². The summed E-state index contributed by atoms with van der Waals surface area (Å²) < 4.78 is 14.5. The summed E-state index contributed by atoms with van der Waals surface area (Å²) in [7, 11) is 0. The van der Waals surface area contributed by atoms with Gasteiger partial charge >= 0.3 is 0 Å². The highest BCUT2D eigenvalue weighted by Gasteiger charge is 2.12.